The van der Waals surface area contributed by atoms with E-state index in [4.69, 9.17) is 5.73 Å². The molecule has 2 aliphatic rings. The van der Waals surface area contributed by atoms with E-state index in [1.807, 2.05) is 0 Å². The summed E-state index contributed by atoms with van der Waals surface area (Å²) in [6, 6.07) is 0.482. The normalized spacial score (nSPS) is 16.7. The summed E-state index contributed by atoms with van der Waals surface area (Å²) in [4.78, 5) is 25.4. The van der Waals surface area contributed by atoms with Crippen molar-refractivity contribution in [1.82, 2.24) is 10.2 Å². The maximum absolute atomic E-state index is 12.4. The molecule has 4 rings (SSSR count). The molecule has 0 aromatic carbocycles. The molecule has 2 amide bonds. The Labute approximate surface area is 175 Å². The van der Waals surface area contributed by atoms with E-state index < -0.39 is 5.91 Å². The highest BCUT2D eigenvalue weighted by Crippen LogP contribution is 2.39. The van der Waals surface area contributed by atoms with Crippen molar-refractivity contribution in [2.24, 2.45) is 5.73 Å². The van der Waals surface area contributed by atoms with E-state index in [1.54, 1.807) is 0 Å². The van der Waals surface area contributed by atoms with Crippen LogP contribution in [0.1, 0.15) is 59.3 Å². The lowest BCUT2D eigenvalue weighted by Gasteiger charge is -2.21. The second-order valence-corrected chi connectivity index (χ2v) is 10.4. The number of amides is 2. The van der Waals surface area contributed by atoms with E-state index >= 15 is 0 Å². The molecule has 0 saturated heterocycles. The maximum Gasteiger partial charge on any atom is 0.251 e. The first-order valence-corrected chi connectivity index (χ1v) is 12.2. The minimum Gasteiger partial charge on any atom is -0.365 e. The van der Waals surface area contributed by atoms with E-state index in [0.717, 1.165) is 34.3 Å². The summed E-state index contributed by atoms with van der Waals surface area (Å²) in [6.45, 7) is 0. The molecule has 28 heavy (non-hydrogen) atoms. The second kappa shape index (κ2) is 8.79. The summed E-state index contributed by atoms with van der Waals surface area (Å²) >= 11 is 4.31. The Hall–Kier alpha value is -1.65. The number of nitrogens with one attached hydrogen (secondary N) is 2. The first-order chi connectivity index (χ1) is 13.6. The number of nitrogens with zero attached hydrogens (tertiary/aromatic N) is 2. The lowest BCUT2D eigenvalue weighted by atomic mass is 9.96. The Morgan fingerprint density at radius 3 is 2.71 bits per heavy atom. The van der Waals surface area contributed by atoms with Gasteiger partial charge in [0.15, 0.2) is 4.34 Å². The number of carbonyl (C=O) groups is 2. The zero-order valence-corrected chi connectivity index (χ0v) is 17.9. The van der Waals surface area contributed by atoms with Crippen molar-refractivity contribution in [1.29, 1.82) is 0 Å². The van der Waals surface area contributed by atoms with Crippen LogP contribution in [-0.2, 0) is 17.6 Å². The highest BCUT2D eigenvalue weighted by Gasteiger charge is 2.26. The third-order valence-corrected chi connectivity index (χ3v) is 8.28. The number of hydrogen-bond acceptors (Lipinski definition) is 8. The first-order valence-electron chi connectivity index (χ1n) is 9.57. The van der Waals surface area contributed by atoms with Crippen molar-refractivity contribution in [3.63, 3.8) is 0 Å². The number of anilines is 2. The summed E-state index contributed by atoms with van der Waals surface area (Å²) in [5, 5.41) is 16.1. The third kappa shape index (κ3) is 4.49. The van der Waals surface area contributed by atoms with Crippen LogP contribution in [0.3, 0.4) is 0 Å². The van der Waals surface area contributed by atoms with Crippen LogP contribution in [0, 0.1) is 0 Å². The van der Waals surface area contributed by atoms with E-state index in [-0.39, 0.29) is 11.7 Å². The Morgan fingerprint density at radius 1 is 1.11 bits per heavy atom. The Bertz CT molecular complexity index is 873. The molecule has 4 N–H and O–H groups in total. The molecule has 0 unspecified atom stereocenters. The Kier molecular flexibility index (Phi) is 6.17. The van der Waals surface area contributed by atoms with E-state index in [2.05, 4.69) is 20.8 Å². The van der Waals surface area contributed by atoms with Crippen LogP contribution < -0.4 is 16.4 Å². The molecule has 0 atom stereocenters. The largest absolute Gasteiger partial charge is 0.365 e. The summed E-state index contributed by atoms with van der Waals surface area (Å²) in [5.74, 6) is -0.409. The van der Waals surface area contributed by atoms with E-state index in [1.165, 1.54) is 71.4 Å². The number of hydrogen-bond donors (Lipinski definition) is 3. The highest BCUT2D eigenvalue weighted by atomic mass is 32.2. The summed E-state index contributed by atoms with van der Waals surface area (Å²) in [5.41, 5.74) is 7.05. The van der Waals surface area contributed by atoms with Gasteiger partial charge in [-0.2, -0.15) is 0 Å². The lowest BCUT2D eigenvalue weighted by Crippen LogP contribution is -2.21. The van der Waals surface area contributed by atoms with Crippen LogP contribution in [-0.4, -0.2) is 33.8 Å². The van der Waals surface area contributed by atoms with Crippen LogP contribution in [0.4, 0.5) is 10.1 Å². The molecule has 0 radical (unpaired) electrons. The van der Waals surface area contributed by atoms with Gasteiger partial charge in [-0.1, -0.05) is 42.4 Å². The van der Waals surface area contributed by atoms with Gasteiger partial charge in [0.1, 0.15) is 5.00 Å². The van der Waals surface area contributed by atoms with Crippen LogP contribution >= 0.6 is 34.4 Å². The van der Waals surface area contributed by atoms with Gasteiger partial charge >= 0.3 is 0 Å². The number of fused-ring (bicyclic) bond motifs is 1. The number of rotatable bonds is 7. The number of nitrogens with two attached hydrogens (primary N) is 1. The van der Waals surface area contributed by atoms with Crippen LogP contribution in [0.25, 0.3) is 0 Å². The molecule has 1 saturated carbocycles. The average Bonchev–Trinajstić information content (AvgIpc) is 3.36. The quantitative estimate of drug-likeness (QED) is 0.570. The van der Waals surface area contributed by atoms with Gasteiger partial charge in [-0.25, -0.2) is 0 Å². The fraction of sp³-hybridized carbons (Fsp3) is 0.556. The molecular formula is C18H23N5O2S3. The molecule has 2 aromatic rings. The van der Waals surface area contributed by atoms with Gasteiger partial charge in [-0.15, -0.1) is 21.5 Å². The molecule has 2 aliphatic carbocycles. The van der Waals surface area contributed by atoms with Gasteiger partial charge in [0.2, 0.25) is 11.0 Å². The molecule has 10 heteroatoms. The molecule has 0 aliphatic heterocycles. The van der Waals surface area contributed by atoms with Crippen molar-refractivity contribution in [3.05, 3.63) is 16.0 Å². The number of thiophene rings is 1. The lowest BCUT2D eigenvalue weighted by molar-refractivity contribution is -0.113. The summed E-state index contributed by atoms with van der Waals surface area (Å²) < 4.78 is 0.761. The second-order valence-electron chi connectivity index (χ2n) is 7.11. The minimum absolute atomic E-state index is 0.163. The maximum atomic E-state index is 12.4. The standard InChI is InChI=1S/C18H23N5O2S3/c19-15(25)14-11-7-4-8-12(11)27-16(14)21-13(24)9-26-18-23-22-17(28-18)20-10-5-2-1-3-6-10/h10H,1-9H2,(H2,19,25)(H,20,22)(H,21,24). The van der Waals surface area contributed by atoms with Gasteiger partial charge in [-0.05, 0) is 37.7 Å². The number of thioether (sulfide) groups is 1. The smallest absolute Gasteiger partial charge is 0.251 e. The monoisotopic (exact) mass is 437 g/mol. The predicted molar refractivity (Wildman–Crippen MR) is 115 cm³/mol. The zero-order chi connectivity index (χ0) is 19.5. The van der Waals surface area contributed by atoms with Gasteiger partial charge in [0.25, 0.3) is 5.91 Å². The minimum atomic E-state index is -0.468. The fourth-order valence-electron chi connectivity index (χ4n) is 3.79. The molecular weight excluding hydrogens is 414 g/mol. The van der Waals surface area contributed by atoms with Crippen molar-refractivity contribution in [2.75, 3.05) is 16.4 Å². The van der Waals surface area contributed by atoms with Gasteiger partial charge in [0, 0.05) is 10.9 Å². The molecule has 7 nitrogen and oxygen atoms in total. The molecule has 0 bridgehead atoms. The Balaban J connectivity index is 1.31. The molecule has 2 heterocycles. The van der Waals surface area contributed by atoms with Crippen molar-refractivity contribution < 1.29 is 9.59 Å². The number of aryl methyl sites for hydroxylation is 1. The van der Waals surface area contributed by atoms with Crippen molar-refractivity contribution >= 4 is 56.4 Å². The molecule has 2 aromatic heterocycles. The molecule has 1 fully saturated rings. The first kappa shape index (κ1) is 19.7. The highest BCUT2D eigenvalue weighted by molar-refractivity contribution is 8.01. The van der Waals surface area contributed by atoms with Crippen LogP contribution in [0.2, 0.25) is 0 Å². The van der Waals surface area contributed by atoms with Gasteiger partial charge in [0.05, 0.1) is 11.3 Å². The topological polar surface area (TPSA) is 110 Å². The Morgan fingerprint density at radius 2 is 1.93 bits per heavy atom. The summed E-state index contributed by atoms with van der Waals surface area (Å²) in [6.07, 6.45) is 9.04. The third-order valence-electron chi connectivity index (χ3n) is 5.09. The van der Waals surface area contributed by atoms with Gasteiger partial charge in [-0.3, -0.25) is 9.59 Å². The van der Waals surface area contributed by atoms with Gasteiger partial charge < -0.3 is 16.4 Å². The number of aromatic nitrogens is 2. The molecule has 150 valence electrons. The van der Waals surface area contributed by atoms with Crippen LogP contribution in [0.5, 0.6) is 0 Å². The molecule has 0 spiro atoms. The zero-order valence-electron chi connectivity index (χ0n) is 15.5. The van der Waals surface area contributed by atoms with Crippen molar-refractivity contribution in [2.45, 2.75) is 61.7 Å². The van der Waals surface area contributed by atoms with E-state index in [0.29, 0.717) is 16.6 Å². The van der Waals surface area contributed by atoms with E-state index in [9.17, 15) is 9.59 Å². The SMILES string of the molecule is NC(=O)c1c(NC(=O)CSc2nnc(NC3CCCCC3)s2)sc2c1CCC2. The summed E-state index contributed by atoms with van der Waals surface area (Å²) in [7, 11) is 0. The van der Waals surface area contributed by atoms with Crippen LogP contribution in [0.15, 0.2) is 4.34 Å². The fourth-order valence-corrected chi connectivity index (χ4v) is 6.73. The average molecular weight is 438 g/mol. The number of carbonyl (C=O) groups excluding carboxylic acids is 2. The number of primary amides is 1. The predicted octanol–water partition coefficient (Wildman–Crippen LogP) is 3.66. The van der Waals surface area contributed by atoms with Crippen molar-refractivity contribution in [3.8, 4) is 0 Å².